The molecular formula is C28H32N2O2. The summed E-state index contributed by atoms with van der Waals surface area (Å²) >= 11 is 0. The van der Waals surface area contributed by atoms with E-state index in [1.165, 1.54) is 16.7 Å². The minimum atomic E-state index is -0.733. The van der Waals surface area contributed by atoms with Gasteiger partial charge in [-0.2, -0.15) is 0 Å². The summed E-state index contributed by atoms with van der Waals surface area (Å²) in [5, 5.41) is 2.93. The van der Waals surface area contributed by atoms with Crippen LogP contribution in [0.3, 0.4) is 0 Å². The summed E-state index contributed by atoms with van der Waals surface area (Å²) in [5.74, 6) is -0.279. The fourth-order valence-electron chi connectivity index (χ4n) is 3.61. The van der Waals surface area contributed by atoms with E-state index in [2.05, 4.69) is 50.4 Å². The highest BCUT2D eigenvalue weighted by molar-refractivity contribution is 6.00. The van der Waals surface area contributed by atoms with Gasteiger partial charge in [-0.25, -0.2) is 0 Å². The van der Waals surface area contributed by atoms with Gasteiger partial charge < -0.3 is 10.2 Å². The van der Waals surface area contributed by atoms with Crippen LogP contribution in [0.4, 0.5) is 5.69 Å². The van der Waals surface area contributed by atoms with Crippen LogP contribution in [-0.4, -0.2) is 18.4 Å². The lowest BCUT2D eigenvalue weighted by Crippen LogP contribution is -2.44. The third-order valence-electron chi connectivity index (χ3n) is 5.82. The van der Waals surface area contributed by atoms with Gasteiger partial charge >= 0.3 is 0 Å². The summed E-state index contributed by atoms with van der Waals surface area (Å²) in [7, 11) is 0. The lowest BCUT2D eigenvalue weighted by molar-refractivity contribution is -0.127. The first-order valence-electron chi connectivity index (χ1n) is 11.2. The van der Waals surface area contributed by atoms with E-state index in [9.17, 15) is 9.59 Å². The van der Waals surface area contributed by atoms with E-state index in [0.717, 1.165) is 23.2 Å². The lowest BCUT2D eigenvalue weighted by Gasteiger charge is -2.29. The molecule has 0 saturated carbocycles. The number of anilines is 1. The van der Waals surface area contributed by atoms with Crippen LogP contribution in [0, 0.1) is 20.8 Å². The molecule has 3 rings (SSSR count). The predicted molar refractivity (Wildman–Crippen MR) is 131 cm³/mol. The average molecular weight is 429 g/mol. The van der Waals surface area contributed by atoms with Gasteiger partial charge in [0.25, 0.3) is 5.91 Å². The Balaban J connectivity index is 1.96. The van der Waals surface area contributed by atoms with Gasteiger partial charge in [0.1, 0.15) is 6.04 Å². The van der Waals surface area contributed by atoms with Crippen LogP contribution in [0.2, 0.25) is 0 Å². The zero-order valence-corrected chi connectivity index (χ0v) is 19.4. The standard InChI is InChI=1S/C28H32N2O2/c1-5-26(31)29-27(24-9-7-6-8-10-24)28(32)30(25-16-13-21(3)22(4)19-25)18-17-23-14-11-20(2)12-15-23/h6-16,19,27H,5,17-18H2,1-4H3,(H,29,31)/t27-/m0/s1. The Morgan fingerprint density at radius 3 is 2.19 bits per heavy atom. The number of hydrogen-bond donors (Lipinski definition) is 1. The van der Waals surface area contributed by atoms with Gasteiger partial charge in [-0.05, 0) is 61.6 Å². The SMILES string of the molecule is CCC(=O)N[C@H](C(=O)N(CCc1ccc(C)cc1)c1ccc(C)c(C)c1)c1ccccc1. The smallest absolute Gasteiger partial charge is 0.254 e. The summed E-state index contributed by atoms with van der Waals surface area (Å²) in [6, 6.07) is 23.2. The molecule has 0 aromatic heterocycles. The second kappa shape index (κ2) is 10.8. The molecule has 3 aromatic carbocycles. The van der Waals surface area contributed by atoms with E-state index in [1.807, 2.05) is 48.5 Å². The fourth-order valence-corrected chi connectivity index (χ4v) is 3.61. The van der Waals surface area contributed by atoms with Gasteiger partial charge in [0.05, 0.1) is 0 Å². The van der Waals surface area contributed by atoms with Crippen LogP contribution < -0.4 is 10.2 Å². The third-order valence-corrected chi connectivity index (χ3v) is 5.82. The molecule has 0 fully saturated rings. The highest BCUT2D eigenvalue weighted by Gasteiger charge is 2.28. The molecule has 32 heavy (non-hydrogen) atoms. The van der Waals surface area contributed by atoms with Crippen molar-refractivity contribution in [3.8, 4) is 0 Å². The van der Waals surface area contributed by atoms with Crippen LogP contribution in [0.15, 0.2) is 72.8 Å². The normalized spacial score (nSPS) is 11.6. The topological polar surface area (TPSA) is 49.4 Å². The molecule has 1 atom stereocenters. The minimum Gasteiger partial charge on any atom is -0.341 e. The molecule has 1 N–H and O–H groups in total. The molecule has 166 valence electrons. The molecule has 0 spiro atoms. The number of amides is 2. The fraction of sp³-hybridized carbons (Fsp3) is 0.286. The second-order valence-electron chi connectivity index (χ2n) is 8.26. The molecule has 0 aliphatic heterocycles. The Morgan fingerprint density at radius 1 is 0.875 bits per heavy atom. The average Bonchev–Trinajstić information content (AvgIpc) is 2.81. The third kappa shape index (κ3) is 5.85. The zero-order chi connectivity index (χ0) is 23.1. The molecule has 0 radical (unpaired) electrons. The number of nitrogens with zero attached hydrogens (tertiary/aromatic N) is 1. The van der Waals surface area contributed by atoms with Crippen LogP contribution in [0.1, 0.15) is 47.2 Å². The molecule has 0 aliphatic rings. The summed E-state index contributed by atoms with van der Waals surface area (Å²) in [4.78, 5) is 28.0. The van der Waals surface area contributed by atoms with Crippen molar-refractivity contribution in [1.29, 1.82) is 0 Å². The first-order valence-corrected chi connectivity index (χ1v) is 11.2. The molecule has 0 unspecified atom stereocenters. The highest BCUT2D eigenvalue weighted by Crippen LogP contribution is 2.24. The Morgan fingerprint density at radius 2 is 1.56 bits per heavy atom. The molecule has 4 heteroatoms. The number of nitrogens with one attached hydrogen (secondary N) is 1. The van der Waals surface area contributed by atoms with Crippen molar-refractivity contribution >= 4 is 17.5 Å². The number of carbonyl (C=O) groups is 2. The van der Waals surface area contributed by atoms with Gasteiger partial charge in [-0.1, -0.05) is 73.2 Å². The van der Waals surface area contributed by atoms with Crippen molar-refractivity contribution < 1.29 is 9.59 Å². The molecule has 4 nitrogen and oxygen atoms in total. The lowest BCUT2D eigenvalue weighted by atomic mass is 10.0. The van der Waals surface area contributed by atoms with Crippen molar-refractivity contribution in [3.63, 3.8) is 0 Å². The molecular weight excluding hydrogens is 396 g/mol. The number of benzene rings is 3. The summed E-state index contributed by atoms with van der Waals surface area (Å²) in [6.45, 7) is 8.49. The molecule has 0 saturated heterocycles. The largest absolute Gasteiger partial charge is 0.341 e. The Hall–Kier alpha value is -3.40. The van der Waals surface area contributed by atoms with Crippen LogP contribution in [0.5, 0.6) is 0 Å². The maximum absolute atomic E-state index is 13.9. The van der Waals surface area contributed by atoms with E-state index in [-0.39, 0.29) is 11.8 Å². The number of aryl methyl sites for hydroxylation is 3. The molecule has 0 heterocycles. The highest BCUT2D eigenvalue weighted by atomic mass is 16.2. The van der Waals surface area contributed by atoms with Crippen LogP contribution in [0.25, 0.3) is 0 Å². The Labute approximate surface area is 191 Å². The zero-order valence-electron chi connectivity index (χ0n) is 19.4. The van der Waals surface area contributed by atoms with Gasteiger partial charge in [0.15, 0.2) is 0 Å². The van der Waals surface area contributed by atoms with Crippen molar-refractivity contribution in [2.24, 2.45) is 0 Å². The Bertz CT molecular complexity index is 1060. The van der Waals surface area contributed by atoms with Crippen molar-refractivity contribution in [2.45, 2.75) is 46.6 Å². The van der Waals surface area contributed by atoms with Crippen LogP contribution in [-0.2, 0) is 16.0 Å². The number of rotatable bonds is 8. The molecule has 0 bridgehead atoms. The van der Waals surface area contributed by atoms with E-state index in [1.54, 1.807) is 11.8 Å². The van der Waals surface area contributed by atoms with Crippen LogP contribution >= 0.6 is 0 Å². The van der Waals surface area contributed by atoms with E-state index in [4.69, 9.17) is 0 Å². The van der Waals surface area contributed by atoms with E-state index < -0.39 is 6.04 Å². The summed E-state index contributed by atoms with van der Waals surface area (Å²) in [5.41, 5.74) is 6.32. The van der Waals surface area contributed by atoms with Gasteiger partial charge in [-0.3, -0.25) is 9.59 Å². The van der Waals surface area contributed by atoms with Crippen molar-refractivity contribution in [1.82, 2.24) is 5.32 Å². The quantitative estimate of drug-likeness (QED) is 0.518. The van der Waals surface area contributed by atoms with Crippen molar-refractivity contribution in [2.75, 3.05) is 11.4 Å². The summed E-state index contributed by atoms with van der Waals surface area (Å²) in [6.07, 6.45) is 1.05. The number of carbonyl (C=O) groups excluding carboxylic acids is 2. The first-order chi connectivity index (χ1) is 15.4. The Kier molecular flexibility index (Phi) is 7.82. The first kappa shape index (κ1) is 23.3. The number of hydrogen-bond acceptors (Lipinski definition) is 2. The summed E-state index contributed by atoms with van der Waals surface area (Å²) < 4.78 is 0. The molecule has 0 aliphatic carbocycles. The second-order valence-corrected chi connectivity index (χ2v) is 8.26. The van der Waals surface area contributed by atoms with Gasteiger partial charge in [0.2, 0.25) is 5.91 Å². The van der Waals surface area contributed by atoms with E-state index in [0.29, 0.717) is 13.0 Å². The molecule has 2 amide bonds. The molecule has 3 aromatic rings. The minimum absolute atomic E-state index is 0.131. The van der Waals surface area contributed by atoms with Crippen molar-refractivity contribution in [3.05, 3.63) is 101 Å². The maximum Gasteiger partial charge on any atom is 0.254 e. The van der Waals surface area contributed by atoms with E-state index >= 15 is 0 Å². The predicted octanol–water partition coefficient (Wildman–Crippen LogP) is 5.46. The van der Waals surface area contributed by atoms with Gasteiger partial charge in [0, 0.05) is 18.7 Å². The van der Waals surface area contributed by atoms with Gasteiger partial charge in [-0.15, -0.1) is 0 Å². The maximum atomic E-state index is 13.9. The monoisotopic (exact) mass is 428 g/mol.